The van der Waals surface area contributed by atoms with Crippen LogP contribution in [-0.2, 0) is 11.3 Å². The number of carbonyl (C=O) groups is 2. The number of aldehydes is 1. The van der Waals surface area contributed by atoms with Gasteiger partial charge in [-0.2, -0.15) is 5.10 Å². The molecule has 5 aromatic rings. The molecule has 0 aliphatic heterocycles. The zero-order valence-electron chi connectivity index (χ0n) is 18.5. The zero-order valence-corrected chi connectivity index (χ0v) is 20.8. The van der Waals surface area contributed by atoms with Gasteiger partial charge >= 0.3 is 5.97 Å². The smallest absolute Gasteiger partial charge is 0.338 e. The highest BCUT2D eigenvalue weighted by Gasteiger charge is 2.25. The van der Waals surface area contributed by atoms with E-state index in [-0.39, 0.29) is 22.3 Å². The molecule has 0 saturated carbocycles. The van der Waals surface area contributed by atoms with E-state index in [0.717, 1.165) is 10.9 Å². The van der Waals surface area contributed by atoms with Gasteiger partial charge in [-0.15, -0.1) is 0 Å². The summed E-state index contributed by atoms with van der Waals surface area (Å²) in [6, 6.07) is 22.9. The molecule has 5 rings (SSSR count). The molecule has 0 spiro atoms. The number of nitrogens with zero attached hydrogens (tertiary/aromatic N) is 3. The summed E-state index contributed by atoms with van der Waals surface area (Å²) >= 11 is 19.1. The molecule has 2 aromatic heterocycles. The van der Waals surface area contributed by atoms with Crippen LogP contribution in [0.25, 0.3) is 27.8 Å². The predicted molar refractivity (Wildman–Crippen MR) is 140 cm³/mol. The molecule has 0 aliphatic carbocycles. The van der Waals surface area contributed by atoms with Gasteiger partial charge in [-0.25, -0.2) is 14.5 Å². The molecule has 0 aliphatic rings. The third-order valence-corrected chi connectivity index (χ3v) is 6.31. The molecule has 0 atom stereocenters. The number of pyridine rings is 1. The van der Waals surface area contributed by atoms with Crippen molar-refractivity contribution in [1.29, 1.82) is 0 Å². The quantitative estimate of drug-likeness (QED) is 0.169. The summed E-state index contributed by atoms with van der Waals surface area (Å²) in [7, 11) is 0. The molecule has 3 aromatic carbocycles. The van der Waals surface area contributed by atoms with Crippen molar-refractivity contribution in [3.63, 3.8) is 0 Å². The normalized spacial score (nSPS) is 11.0. The number of aromatic nitrogens is 3. The fraction of sp³-hybridized carbons (Fsp3) is 0.0370. The molecular weight excluding hydrogens is 521 g/mol. The summed E-state index contributed by atoms with van der Waals surface area (Å²) in [5, 5.41) is 6.15. The lowest BCUT2D eigenvalue weighted by Gasteiger charge is -2.14. The van der Waals surface area contributed by atoms with Crippen LogP contribution in [0.2, 0.25) is 15.1 Å². The Hall–Kier alpha value is -3.71. The maximum Gasteiger partial charge on any atom is 0.338 e. The highest BCUT2D eigenvalue weighted by molar-refractivity contribution is 6.40. The molecule has 0 amide bonds. The third-order valence-electron chi connectivity index (χ3n) is 5.52. The van der Waals surface area contributed by atoms with Crippen molar-refractivity contribution in [3.05, 3.63) is 111 Å². The molecular formula is C27H16Cl3N3O3. The number of hydrogen-bond acceptors (Lipinski definition) is 5. The minimum atomic E-state index is -0.540. The van der Waals surface area contributed by atoms with Crippen LogP contribution < -0.4 is 0 Å². The van der Waals surface area contributed by atoms with Crippen molar-refractivity contribution < 1.29 is 14.3 Å². The minimum absolute atomic E-state index is 0.0885. The Balaban J connectivity index is 1.69. The first-order chi connectivity index (χ1) is 17.5. The average molecular weight is 537 g/mol. The van der Waals surface area contributed by atoms with E-state index in [1.165, 1.54) is 16.8 Å². The standard InChI is InChI=1S/C27H16Cl3N3O3/c28-18-12-19(29)26(20(30)13-18)33-24(15-36-27(35)17-7-2-1-3-8-17)25(23(14-34)32-33)22-11-10-16-6-4-5-9-21(16)31-22/h1-14H,15H2. The third kappa shape index (κ3) is 4.58. The first-order valence-corrected chi connectivity index (χ1v) is 11.9. The van der Waals surface area contributed by atoms with Gasteiger partial charge in [0.2, 0.25) is 0 Å². The Labute approximate surface area is 221 Å². The molecule has 0 saturated heterocycles. The van der Waals surface area contributed by atoms with Crippen LogP contribution in [0.5, 0.6) is 0 Å². The molecule has 0 radical (unpaired) electrons. The molecule has 9 heteroatoms. The van der Waals surface area contributed by atoms with Gasteiger partial charge in [0.05, 0.1) is 38.1 Å². The second kappa shape index (κ2) is 10.1. The van der Waals surface area contributed by atoms with Crippen LogP contribution in [-0.4, -0.2) is 27.0 Å². The second-order valence-electron chi connectivity index (χ2n) is 7.79. The highest BCUT2D eigenvalue weighted by atomic mass is 35.5. The van der Waals surface area contributed by atoms with Crippen molar-refractivity contribution in [2.24, 2.45) is 0 Å². The largest absolute Gasteiger partial charge is 0.456 e. The number of benzene rings is 3. The Morgan fingerprint density at radius 3 is 2.33 bits per heavy atom. The number of ether oxygens (including phenoxy) is 1. The van der Waals surface area contributed by atoms with Crippen molar-refractivity contribution >= 4 is 58.0 Å². The van der Waals surface area contributed by atoms with Crippen molar-refractivity contribution in [2.45, 2.75) is 6.61 Å². The summed E-state index contributed by atoms with van der Waals surface area (Å²) < 4.78 is 7.03. The monoisotopic (exact) mass is 535 g/mol. The summed E-state index contributed by atoms with van der Waals surface area (Å²) in [6.07, 6.45) is 0.614. The van der Waals surface area contributed by atoms with E-state index in [1.807, 2.05) is 30.3 Å². The van der Waals surface area contributed by atoms with Gasteiger partial charge in [-0.05, 0) is 36.4 Å². The fourth-order valence-electron chi connectivity index (χ4n) is 3.89. The van der Waals surface area contributed by atoms with Crippen LogP contribution in [0.3, 0.4) is 0 Å². The van der Waals surface area contributed by atoms with Crippen LogP contribution in [0.15, 0.2) is 78.9 Å². The average Bonchev–Trinajstić information content (AvgIpc) is 3.24. The Morgan fingerprint density at radius 2 is 1.61 bits per heavy atom. The van der Waals surface area contributed by atoms with Gasteiger partial charge in [0.25, 0.3) is 0 Å². The van der Waals surface area contributed by atoms with Gasteiger partial charge in [-0.3, -0.25) is 4.79 Å². The van der Waals surface area contributed by atoms with Crippen molar-refractivity contribution in [3.8, 4) is 16.9 Å². The molecule has 36 heavy (non-hydrogen) atoms. The Kier molecular flexibility index (Phi) is 6.74. The van der Waals surface area contributed by atoms with E-state index in [9.17, 15) is 9.59 Å². The van der Waals surface area contributed by atoms with E-state index >= 15 is 0 Å². The topological polar surface area (TPSA) is 74.1 Å². The van der Waals surface area contributed by atoms with Crippen LogP contribution in [0.1, 0.15) is 26.5 Å². The molecule has 0 bridgehead atoms. The van der Waals surface area contributed by atoms with Crippen LogP contribution in [0, 0.1) is 0 Å². The minimum Gasteiger partial charge on any atom is -0.456 e. The van der Waals surface area contributed by atoms with Crippen molar-refractivity contribution in [2.75, 3.05) is 0 Å². The zero-order chi connectivity index (χ0) is 25.2. The molecule has 0 unspecified atom stereocenters. The van der Waals surface area contributed by atoms with E-state index in [1.54, 1.807) is 36.4 Å². The SMILES string of the molecule is O=Cc1nn(-c2c(Cl)cc(Cl)cc2Cl)c(COC(=O)c2ccccc2)c1-c1ccc2ccccc2n1. The number of hydrogen-bond donors (Lipinski definition) is 0. The number of para-hydroxylation sites is 1. The lowest BCUT2D eigenvalue weighted by atomic mass is 10.1. The summed E-state index contributed by atoms with van der Waals surface area (Å²) in [6.45, 7) is -0.228. The van der Waals surface area contributed by atoms with Crippen LogP contribution in [0.4, 0.5) is 0 Å². The second-order valence-corrected chi connectivity index (χ2v) is 9.04. The summed E-state index contributed by atoms with van der Waals surface area (Å²) in [5.41, 5.74) is 2.75. The summed E-state index contributed by atoms with van der Waals surface area (Å²) in [4.78, 5) is 29.6. The lowest BCUT2D eigenvalue weighted by molar-refractivity contribution is 0.0465. The lowest BCUT2D eigenvalue weighted by Crippen LogP contribution is -2.10. The van der Waals surface area contributed by atoms with E-state index < -0.39 is 5.97 Å². The molecule has 0 fully saturated rings. The first-order valence-electron chi connectivity index (χ1n) is 10.8. The fourth-order valence-corrected chi connectivity index (χ4v) is 4.86. The maximum absolute atomic E-state index is 12.7. The molecule has 2 heterocycles. The number of rotatable bonds is 6. The van der Waals surface area contributed by atoms with Crippen molar-refractivity contribution in [1.82, 2.24) is 14.8 Å². The van der Waals surface area contributed by atoms with E-state index in [0.29, 0.717) is 39.5 Å². The first kappa shape index (κ1) is 24.0. The van der Waals surface area contributed by atoms with E-state index in [2.05, 4.69) is 5.10 Å². The number of esters is 1. The van der Waals surface area contributed by atoms with Crippen LogP contribution >= 0.6 is 34.8 Å². The van der Waals surface area contributed by atoms with Gasteiger partial charge in [0.1, 0.15) is 18.0 Å². The molecule has 6 nitrogen and oxygen atoms in total. The Bertz CT molecular complexity index is 1590. The Morgan fingerprint density at radius 1 is 0.917 bits per heavy atom. The molecule has 0 N–H and O–H groups in total. The highest BCUT2D eigenvalue weighted by Crippen LogP contribution is 2.36. The van der Waals surface area contributed by atoms with Gasteiger partial charge in [0.15, 0.2) is 6.29 Å². The van der Waals surface area contributed by atoms with Gasteiger partial charge in [-0.1, -0.05) is 77.3 Å². The maximum atomic E-state index is 12.7. The summed E-state index contributed by atoms with van der Waals surface area (Å²) in [5.74, 6) is -0.540. The predicted octanol–water partition coefficient (Wildman–Crippen LogP) is 7.22. The van der Waals surface area contributed by atoms with E-state index in [4.69, 9.17) is 44.5 Å². The number of halogens is 3. The number of carbonyl (C=O) groups excluding carboxylic acids is 2. The van der Waals surface area contributed by atoms with Gasteiger partial charge < -0.3 is 4.74 Å². The molecule has 178 valence electrons. The van der Waals surface area contributed by atoms with Gasteiger partial charge in [0, 0.05) is 10.4 Å². The number of fused-ring (bicyclic) bond motifs is 1.